The van der Waals surface area contributed by atoms with Crippen LogP contribution in [0.15, 0.2) is 22.6 Å². The molecule has 2 aromatic rings. The summed E-state index contributed by atoms with van der Waals surface area (Å²) in [5.74, 6) is 2.09. The fourth-order valence-corrected chi connectivity index (χ4v) is 4.29. The molecule has 1 aromatic heterocycles. The fourth-order valence-electron chi connectivity index (χ4n) is 4.12. The van der Waals surface area contributed by atoms with Crippen molar-refractivity contribution in [1.82, 2.24) is 15.2 Å². The first kappa shape index (κ1) is 23.3. The molecule has 0 saturated carbocycles. The molecule has 28 heavy (non-hydrogen) atoms. The van der Waals surface area contributed by atoms with Crippen molar-refractivity contribution in [3.63, 3.8) is 0 Å². The van der Waals surface area contributed by atoms with Crippen molar-refractivity contribution < 1.29 is 9.21 Å². The first-order valence-electron chi connectivity index (χ1n) is 9.73. The Balaban J connectivity index is 0.00000140. The van der Waals surface area contributed by atoms with Crippen molar-refractivity contribution in [1.29, 1.82) is 0 Å². The van der Waals surface area contributed by atoms with Gasteiger partial charge in [0, 0.05) is 30.5 Å². The maximum atomic E-state index is 12.5. The van der Waals surface area contributed by atoms with Gasteiger partial charge in [-0.05, 0) is 69.3 Å². The van der Waals surface area contributed by atoms with Gasteiger partial charge in [-0.25, -0.2) is 4.98 Å². The molecule has 3 heterocycles. The Kier molecular flexibility index (Phi) is 8.87. The molecular weight excluding hydrogens is 421 g/mol. The van der Waals surface area contributed by atoms with Gasteiger partial charge in [-0.15, -0.1) is 24.8 Å². The number of nitrogens with one attached hydrogen (secondary N) is 1. The minimum Gasteiger partial charge on any atom is -0.440 e. The van der Waals surface area contributed by atoms with E-state index in [9.17, 15) is 4.79 Å². The van der Waals surface area contributed by atoms with E-state index in [1.54, 1.807) is 0 Å². The van der Waals surface area contributed by atoms with Gasteiger partial charge in [0.2, 0.25) is 5.91 Å². The number of rotatable bonds is 4. The van der Waals surface area contributed by atoms with Gasteiger partial charge in [-0.3, -0.25) is 4.79 Å². The van der Waals surface area contributed by atoms with Crippen LogP contribution in [-0.4, -0.2) is 42.0 Å². The van der Waals surface area contributed by atoms with E-state index in [1.807, 2.05) is 23.1 Å². The largest absolute Gasteiger partial charge is 0.440 e. The highest BCUT2D eigenvalue weighted by Gasteiger charge is 2.27. The van der Waals surface area contributed by atoms with Crippen LogP contribution in [0.4, 0.5) is 0 Å². The zero-order valence-electron chi connectivity index (χ0n) is 15.9. The van der Waals surface area contributed by atoms with Crippen LogP contribution in [0, 0.1) is 5.92 Å². The van der Waals surface area contributed by atoms with Crippen LogP contribution in [0.25, 0.3) is 11.1 Å². The van der Waals surface area contributed by atoms with Crippen LogP contribution in [0.5, 0.6) is 0 Å². The van der Waals surface area contributed by atoms with Gasteiger partial charge in [0.05, 0.1) is 0 Å². The molecule has 2 saturated heterocycles. The van der Waals surface area contributed by atoms with E-state index < -0.39 is 0 Å². The molecule has 2 aliphatic rings. The van der Waals surface area contributed by atoms with Gasteiger partial charge in [-0.2, -0.15) is 0 Å². The standard InChI is InChI=1S/C20H26ClN3O2.2ClH/c21-16-2-3-18-17(13-16)23-20(26-18)15-7-11-24(12-8-15)19(25)4-1-14-5-9-22-10-6-14;;/h2-3,13-15,22H,1,4-12H2;2*1H. The van der Waals surface area contributed by atoms with Crippen molar-refractivity contribution in [3.8, 4) is 0 Å². The van der Waals surface area contributed by atoms with E-state index in [0.717, 1.165) is 62.4 Å². The molecular formula is C20H28Cl3N3O2. The molecule has 4 rings (SSSR count). The van der Waals surface area contributed by atoms with E-state index >= 15 is 0 Å². The highest BCUT2D eigenvalue weighted by atomic mass is 35.5. The third kappa shape index (κ3) is 5.53. The Labute approximate surface area is 183 Å². The van der Waals surface area contributed by atoms with E-state index in [2.05, 4.69) is 10.3 Å². The van der Waals surface area contributed by atoms with Crippen LogP contribution in [0.2, 0.25) is 5.02 Å². The molecule has 0 spiro atoms. The zero-order valence-corrected chi connectivity index (χ0v) is 18.3. The summed E-state index contributed by atoms with van der Waals surface area (Å²) in [7, 11) is 0. The summed E-state index contributed by atoms with van der Waals surface area (Å²) in [6.07, 6.45) is 5.97. The average molecular weight is 449 g/mol. The number of aromatic nitrogens is 1. The van der Waals surface area contributed by atoms with Crippen molar-refractivity contribution >= 4 is 53.4 Å². The van der Waals surface area contributed by atoms with Crippen LogP contribution in [-0.2, 0) is 4.79 Å². The lowest BCUT2D eigenvalue weighted by atomic mass is 9.92. The molecule has 1 amide bonds. The number of halogens is 3. The quantitative estimate of drug-likeness (QED) is 0.729. The minimum absolute atomic E-state index is 0. The molecule has 0 bridgehead atoms. The second-order valence-electron chi connectivity index (χ2n) is 7.55. The Bertz CT molecular complexity index is 769. The molecule has 0 unspecified atom stereocenters. The van der Waals surface area contributed by atoms with Gasteiger partial charge in [-0.1, -0.05) is 11.6 Å². The number of fused-ring (bicyclic) bond motifs is 1. The molecule has 2 fully saturated rings. The molecule has 1 aromatic carbocycles. The van der Waals surface area contributed by atoms with Gasteiger partial charge in [0.25, 0.3) is 0 Å². The second-order valence-corrected chi connectivity index (χ2v) is 7.99. The SMILES string of the molecule is Cl.Cl.O=C(CCC1CCNCC1)N1CCC(c2nc3cc(Cl)ccc3o2)CC1. The molecule has 0 atom stereocenters. The lowest BCUT2D eigenvalue weighted by molar-refractivity contribution is -0.132. The predicted octanol–water partition coefficient (Wildman–Crippen LogP) is 4.81. The first-order chi connectivity index (χ1) is 12.7. The van der Waals surface area contributed by atoms with E-state index in [0.29, 0.717) is 23.3 Å². The van der Waals surface area contributed by atoms with Gasteiger partial charge >= 0.3 is 0 Å². The Morgan fingerprint density at radius 1 is 1.18 bits per heavy atom. The highest BCUT2D eigenvalue weighted by Crippen LogP contribution is 2.31. The number of oxazole rings is 1. The third-order valence-electron chi connectivity index (χ3n) is 5.79. The fraction of sp³-hybridized carbons (Fsp3) is 0.600. The van der Waals surface area contributed by atoms with Crippen molar-refractivity contribution in [2.45, 2.75) is 44.4 Å². The number of likely N-dealkylation sites (tertiary alicyclic amines) is 1. The number of carbonyl (C=O) groups is 1. The van der Waals surface area contributed by atoms with E-state index in [4.69, 9.17) is 16.0 Å². The molecule has 0 radical (unpaired) electrons. The number of hydrogen-bond acceptors (Lipinski definition) is 4. The molecule has 2 aliphatic heterocycles. The van der Waals surface area contributed by atoms with Crippen LogP contribution in [0.1, 0.15) is 50.3 Å². The number of piperidine rings is 2. The molecule has 1 N–H and O–H groups in total. The van der Waals surface area contributed by atoms with Crippen LogP contribution in [0.3, 0.4) is 0 Å². The first-order valence-corrected chi connectivity index (χ1v) is 10.1. The Morgan fingerprint density at radius 2 is 1.89 bits per heavy atom. The summed E-state index contributed by atoms with van der Waals surface area (Å²) in [4.78, 5) is 19.1. The monoisotopic (exact) mass is 447 g/mol. The summed E-state index contributed by atoms with van der Waals surface area (Å²) in [5, 5.41) is 4.05. The third-order valence-corrected chi connectivity index (χ3v) is 6.02. The summed E-state index contributed by atoms with van der Waals surface area (Å²) in [6, 6.07) is 5.53. The normalized spacial score (nSPS) is 18.5. The number of benzene rings is 1. The molecule has 0 aliphatic carbocycles. The molecule has 5 nitrogen and oxygen atoms in total. The van der Waals surface area contributed by atoms with Crippen LogP contribution >= 0.6 is 36.4 Å². The minimum atomic E-state index is 0. The lowest BCUT2D eigenvalue weighted by Gasteiger charge is -2.31. The molecule has 8 heteroatoms. The lowest BCUT2D eigenvalue weighted by Crippen LogP contribution is -2.38. The highest BCUT2D eigenvalue weighted by molar-refractivity contribution is 6.31. The van der Waals surface area contributed by atoms with Gasteiger partial charge in [0.1, 0.15) is 5.52 Å². The summed E-state index contributed by atoms with van der Waals surface area (Å²) in [5.41, 5.74) is 1.60. The number of amides is 1. The Hall–Kier alpha value is -1.01. The summed E-state index contributed by atoms with van der Waals surface area (Å²) < 4.78 is 5.91. The average Bonchev–Trinajstić information content (AvgIpc) is 3.10. The van der Waals surface area contributed by atoms with Gasteiger partial charge in [0.15, 0.2) is 11.5 Å². The Morgan fingerprint density at radius 3 is 2.61 bits per heavy atom. The number of carbonyl (C=O) groups excluding carboxylic acids is 1. The van der Waals surface area contributed by atoms with Crippen LogP contribution < -0.4 is 5.32 Å². The smallest absolute Gasteiger partial charge is 0.222 e. The van der Waals surface area contributed by atoms with E-state index in [1.165, 1.54) is 12.8 Å². The summed E-state index contributed by atoms with van der Waals surface area (Å²) in [6.45, 7) is 3.80. The topological polar surface area (TPSA) is 58.4 Å². The maximum absolute atomic E-state index is 12.5. The van der Waals surface area contributed by atoms with Crippen molar-refractivity contribution in [2.24, 2.45) is 5.92 Å². The summed E-state index contributed by atoms with van der Waals surface area (Å²) >= 11 is 6.02. The number of nitrogens with zero attached hydrogens (tertiary/aromatic N) is 2. The van der Waals surface area contributed by atoms with Crippen molar-refractivity contribution in [2.75, 3.05) is 26.2 Å². The second kappa shape index (κ2) is 10.7. The van der Waals surface area contributed by atoms with E-state index in [-0.39, 0.29) is 30.7 Å². The van der Waals surface area contributed by atoms with Crippen molar-refractivity contribution in [3.05, 3.63) is 29.1 Å². The molecule has 156 valence electrons. The zero-order chi connectivity index (χ0) is 17.9. The predicted molar refractivity (Wildman–Crippen MR) is 117 cm³/mol. The maximum Gasteiger partial charge on any atom is 0.222 e. The van der Waals surface area contributed by atoms with Gasteiger partial charge < -0.3 is 14.6 Å². The number of hydrogen-bond donors (Lipinski definition) is 1.